The van der Waals surface area contributed by atoms with Crippen LogP contribution in [-0.4, -0.2) is 5.54 Å². The zero-order valence-electron chi connectivity index (χ0n) is 10.1. The van der Waals surface area contributed by atoms with E-state index in [1.165, 1.54) is 38.5 Å². The minimum absolute atomic E-state index is 0.0820. The number of nitrogens with zero attached hydrogens (tertiary/aromatic N) is 3. The van der Waals surface area contributed by atoms with Crippen LogP contribution in [0.15, 0.2) is 5.11 Å². The van der Waals surface area contributed by atoms with Crippen LogP contribution >= 0.6 is 0 Å². The van der Waals surface area contributed by atoms with E-state index in [9.17, 15) is 0 Å². The summed E-state index contributed by atoms with van der Waals surface area (Å²) in [4.78, 5) is 3.27. The zero-order valence-corrected chi connectivity index (χ0v) is 10.1. The SMILES string of the molecule is [N-]=[N+]=NC12CC3C[C@@H]4C5CC(C[C@@H]1[C@H]5C3)C[C@@H]42. The summed E-state index contributed by atoms with van der Waals surface area (Å²) < 4.78 is 0. The van der Waals surface area contributed by atoms with Crippen molar-refractivity contribution in [2.24, 2.45) is 46.5 Å². The third-order valence-electron chi connectivity index (χ3n) is 7.26. The minimum Gasteiger partial charge on any atom is -0.0867 e. The number of hydrogen-bond acceptors (Lipinski definition) is 1. The third kappa shape index (κ3) is 0.855. The van der Waals surface area contributed by atoms with Crippen molar-refractivity contribution in [3.63, 3.8) is 0 Å². The Morgan fingerprint density at radius 3 is 2.18 bits per heavy atom. The van der Waals surface area contributed by atoms with Crippen LogP contribution in [-0.2, 0) is 0 Å². The lowest BCUT2D eigenvalue weighted by atomic mass is 9.33. The Morgan fingerprint density at radius 2 is 1.53 bits per heavy atom. The molecule has 0 aromatic rings. The molecule has 7 saturated carbocycles. The van der Waals surface area contributed by atoms with Crippen molar-refractivity contribution in [1.82, 2.24) is 0 Å². The molecule has 0 saturated heterocycles. The maximum absolute atomic E-state index is 9.02. The van der Waals surface area contributed by atoms with E-state index >= 15 is 0 Å². The molecule has 7 aliphatic carbocycles. The monoisotopic (exact) mass is 229 g/mol. The van der Waals surface area contributed by atoms with Gasteiger partial charge in [0, 0.05) is 4.91 Å². The highest BCUT2D eigenvalue weighted by Gasteiger charge is 2.69. The molecule has 7 rings (SSSR count). The van der Waals surface area contributed by atoms with E-state index in [0.29, 0.717) is 0 Å². The Morgan fingerprint density at radius 1 is 0.882 bits per heavy atom. The first-order chi connectivity index (χ1) is 8.32. The van der Waals surface area contributed by atoms with Crippen LogP contribution in [0, 0.1) is 41.4 Å². The van der Waals surface area contributed by atoms with Crippen molar-refractivity contribution in [3.8, 4) is 0 Å². The van der Waals surface area contributed by atoms with Gasteiger partial charge in [0.1, 0.15) is 0 Å². The summed E-state index contributed by atoms with van der Waals surface area (Å²) >= 11 is 0. The molecule has 4 unspecified atom stereocenters. The first-order valence-electron chi connectivity index (χ1n) is 7.38. The Labute approximate surface area is 102 Å². The average Bonchev–Trinajstić information content (AvgIpc) is 2.35. The van der Waals surface area contributed by atoms with Gasteiger partial charge in [0.15, 0.2) is 0 Å². The van der Waals surface area contributed by atoms with E-state index in [1.807, 2.05) is 0 Å². The molecule has 0 N–H and O–H groups in total. The molecule has 0 heterocycles. The molecule has 3 nitrogen and oxygen atoms in total. The molecule has 90 valence electrons. The summed E-state index contributed by atoms with van der Waals surface area (Å²) in [7, 11) is 0. The topological polar surface area (TPSA) is 48.8 Å². The third-order valence-corrected chi connectivity index (χ3v) is 7.26. The second-order valence-corrected chi connectivity index (χ2v) is 7.50. The fourth-order valence-electron chi connectivity index (χ4n) is 7.18. The molecule has 0 radical (unpaired) electrons. The second kappa shape index (κ2) is 2.66. The lowest BCUT2D eigenvalue weighted by Gasteiger charge is -2.73. The van der Waals surface area contributed by atoms with Gasteiger partial charge in [-0.3, -0.25) is 0 Å². The van der Waals surface area contributed by atoms with Crippen molar-refractivity contribution in [2.45, 2.75) is 44.1 Å². The standard InChI is InChI=1S/C14H19N3/c15-17-16-14-6-8-2-10-9-1-7(4-12(10)14)5-13(14)11(9)3-8/h7-13H,1-6H2/t7?,8?,9?,10-,11+,12+,13-,14?. The maximum atomic E-state index is 9.02. The first-order valence-corrected chi connectivity index (χ1v) is 7.38. The maximum Gasteiger partial charge on any atom is 0.0552 e. The largest absolute Gasteiger partial charge is 0.0867 e. The number of hydrogen-bond donors (Lipinski definition) is 0. The van der Waals surface area contributed by atoms with Crippen LogP contribution < -0.4 is 0 Å². The molecular weight excluding hydrogens is 210 g/mol. The van der Waals surface area contributed by atoms with Gasteiger partial charge in [0.2, 0.25) is 0 Å². The van der Waals surface area contributed by atoms with Gasteiger partial charge in [0.25, 0.3) is 0 Å². The molecule has 7 aliphatic rings. The van der Waals surface area contributed by atoms with Crippen LogP contribution in [0.5, 0.6) is 0 Å². The van der Waals surface area contributed by atoms with Crippen LogP contribution in [0.4, 0.5) is 0 Å². The number of azide groups is 1. The van der Waals surface area contributed by atoms with Crippen LogP contribution in [0.3, 0.4) is 0 Å². The minimum atomic E-state index is 0.0820. The highest BCUT2D eigenvalue weighted by atomic mass is 15.2. The Hall–Kier alpha value is -0.690. The average molecular weight is 229 g/mol. The van der Waals surface area contributed by atoms with Gasteiger partial charge in [-0.25, -0.2) is 0 Å². The molecule has 7 fully saturated rings. The van der Waals surface area contributed by atoms with Crippen molar-refractivity contribution >= 4 is 0 Å². The summed E-state index contributed by atoms with van der Waals surface area (Å²) in [6.45, 7) is 0. The molecule has 0 spiro atoms. The highest BCUT2D eigenvalue weighted by molar-refractivity contribution is 5.22. The number of rotatable bonds is 1. The summed E-state index contributed by atoms with van der Waals surface area (Å²) in [5.41, 5.74) is 9.10. The molecule has 0 aliphatic heterocycles. The first kappa shape index (κ1) is 9.27. The van der Waals surface area contributed by atoms with Gasteiger partial charge in [-0.2, -0.15) is 0 Å². The van der Waals surface area contributed by atoms with Gasteiger partial charge in [-0.1, -0.05) is 5.11 Å². The smallest absolute Gasteiger partial charge is 0.0552 e. The molecule has 0 amide bonds. The lowest BCUT2D eigenvalue weighted by Crippen LogP contribution is -2.70. The summed E-state index contributed by atoms with van der Waals surface area (Å²) in [5.74, 6) is 6.32. The van der Waals surface area contributed by atoms with Gasteiger partial charge >= 0.3 is 0 Å². The van der Waals surface area contributed by atoms with Gasteiger partial charge in [-0.05, 0) is 85.5 Å². The van der Waals surface area contributed by atoms with Crippen molar-refractivity contribution < 1.29 is 0 Å². The molecule has 17 heavy (non-hydrogen) atoms. The van der Waals surface area contributed by atoms with Crippen LogP contribution in [0.2, 0.25) is 0 Å². The van der Waals surface area contributed by atoms with Crippen LogP contribution in [0.25, 0.3) is 10.4 Å². The normalized spacial score (nSPS) is 65.1. The second-order valence-electron chi connectivity index (χ2n) is 7.50. The summed E-state index contributed by atoms with van der Waals surface area (Å²) in [6.07, 6.45) is 8.45. The van der Waals surface area contributed by atoms with Crippen molar-refractivity contribution in [3.05, 3.63) is 10.4 Å². The van der Waals surface area contributed by atoms with Crippen molar-refractivity contribution in [2.75, 3.05) is 0 Å². The summed E-state index contributed by atoms with van der Waals surface area (Å²) in [6, 6.07) is 0. The fourth-order valence-corrected chi connectivity index (χ4v) is 7.18. The van der Waals surface area contributed by atoms with E-state index in [2.05, 4.69) is 10.0 Å². The zero-order chi connectivity index (χ0) is 11.2. The molecule has 0 aromatic carbocycles. The molecule has 0 aromatic heterocycles. The van der Waals surface area contributed by atoms with E-state index in [0.717, 1.165) is 41.4 Å². The van der Waals surface area contributed by atoms with E-state index in [-0.39, 0.29) is 5.54 Å². The van der Waals surface area contributed by atoms with Crippen LogP contribution in [0.1, 0.15) is 38.5 Å². The predicted octanol–water partition coefficient (Wildman–Crippen LogP) is 3.76. The Balaban J connectivity index is 1.73. The molecule has 8 atom stereocenters. The molecular formula is C14H19N3. The van der Waals surface area contributed by atoms with E-state index in [1.54, 1.807) is 0 Å². The molecule has 3 heteroatoms. The van der Waals surface area contributed by atoms with Gasteiger partial charge in [-0.15, -0.1) is 0 Å². The van der Waals surface area contributed by atoms with E-state index < -0.39 is 0 Å². The quantitative estimate of drug-likeness (QED) is 0.373. The van der Waals surface area contributed by atoms with Gasteiger partial charge < -0.3 is 0 Å². The lowest BCUT2D eigenvalue weighted by molar-refractivity contribution is -0.214. The fraction of sp³-hybridized carbons (Fsp3) is 1.00. The van der Waals surface area contributed by atoms with Gasteiger partial charge in [0.05, 0.1) is 5.54 Å². The highest BCUT2D eigenvalue weighted by Crippen LogP contribution is 2.73. The summed E-state index contributed by atoms with van der Waals surface area (Å²) in [5, 5.41) is 4.44. The Kier molecular flexibility index (Phi) is 1.45. The van der Waals surface area contributed by atoms with Crippen molar-refractivity contribution in [1.29, 1.82) is 0 Å². The molecule has 8 bridgehead atoms. The Bertz CT molecular complexity index is 415. The van der Waals surface area contributed by atoms with E-state index in [4.69, 9.17) is 5.53 Å². The predicted molar refractivity (Wildman–Crippen MR) is 64.0 cm³/mol.